The standard InChI is InChI=1S/C16H24N2O/c1-11-9-14(12(2)18(11)15-7-8-15)10-17-16(19)13-5-3-4-6-13/h9,13,15H,3-8,10H2,1-2H3,(H,17,19). The molecule has 1 aromatic heterocycles. The molecule has 1 N–H and O–H groups in total. The molecule has 0 unspecified atom stereocenters. The Morgan fingerprint density at radius 1 is 1.26 bits per heavy atom. The highest BCUT2D eigenvalue weighted by atomic mass is 16.1. The van der Waals surface area contributed by atoms with E-state index in [4.69, 9.17) is 0 Å². The van der Waals surface area contributed by atoms with E-state index in [1.807, 2.05) is 0 Å². The van der Waals surface area contributed by atoms with Gasteiger partial charge in [-0.3, -0.25) is 4.79 Å². The smallest absolute Gasteiger partial charge is 0.223 e. The fraction of sp³-hybridized carbons (Fsp3) is 0.688. The van der Waals surface area contributed by atoms with Crippen LogP contribution in [0.5, 0.6) is 0 Å². The van der Waals surface area contributed by atoms with Crippen LogP contribution < -0.4 is 5.32 Å². The second-order valence-electron chi connectivity index (χ2n) is 6.20. The number of aryl methyl sites for hydroxylation is 1. The van der Waals surface area contributed by atoms with Gasteiger partial charge in [-0.15, -0.1) is 0 Å². The Hall–Kier alpha value is -1.25. The largest absolute Gasteiger partial charge is 0.352 e. The SMILES string of the molecule is Cc1cc(CNC(=O)C2CCCC2)c(C)n1C1CC1. The molecule has 3 nitrogen and oxygen atoms in total. The Bertz CT molecular complexity index is 479. The zero-order valence-corrected chi connectivity index (χ0v) is 12.0. The summed E-state index contributed by atoms with van der Waals surface area (Å²) in [5.74, 6) is 0.528. The van der Waals surface area contributed by atoms with Gasteiger partial charge in [-0.25, -0.2) is 0 Å². The summed E-state index contributed by atoms with van der Waals surface area (Å²) in [5, 5.41) is 3.13. The first kappa shape index (κ1) is 12.8. The molecular weight excluding hydrogens is 236 g/mol. The summed E-state index contributed by atoms with van der Waals surface area (Å²) in [6, 6.07) is 2.96. The number of hydrogen-bond acceptors (Lipinski definition) is 1. The maximum absolute atomic E-state index is 12.0. The second-order valence-corrected chi connectivity index (χ2v) is 6.20. The van der Waals surface area contributed by atoms with E-state index in [0.717, 1.165) is 18.9 Å². The normalized spacial score (nSPS) is 19.9. The van der Waals surface area contributed by atoms with Crippen LogP contribution in [0.3, 0.4) is 0 Å². The van der Waals surface area contributed by atoms with Crippen LogP contribution in [0.25, 0.3) is 0 Å². The Morgan fingerprint density at radius 2 is 1.95 bits per heavy atom. The third-order valence-electron chi connectivity index (χ3n) is 4.68. The molecule has 104 valence electrons. The number of carbonyl (C=O) groups is 1. The molecule has 2 saturated carbocycles. The number of nitrogens with zero attached hydrogens (tertiary/aromatic N) is 1. The number of hydrogen-bond donors (Lipinski definition) is 1. The summed E-state index contributed by atoms with van der Waals surface area (Å²) in [6.45, 7) is 5.05. The summed E-state index contributed by atoms with van der Waals surface area (Å²) in [7, 11) is 0. The van der Waals surface area contributed by atoms with Crippen molar-refractivity contribution in [3.63, 3.8) is 0 Å². The van der Waals surface area contributed by atoms with Crippen molar-refractivity contribution in [1.82, 2.24) is 9.88 Å². The lowest BCUT2D eigenvalue weighted by Crippen LogP contribution is -2.28. The van der Waals surface area contributed by atoms with E-state index in [1.165, 1.54) is 42.6 Å². The average molecular weight is 260 g/mol. The topological polar surface area (TPSA) is 34.0 Å². The molecule has 0 bridgehead atoms. The van der Waals surface area contributed by atoms with Crippen molar-refractivity contribution in [3.8, 4) is 0 Å². The monoisotopic (exact) mass is 260 g/mol. The summed E-state index contributed by atoms with van der Waals surface area (Å²) < 4.78 is 2.44. The lowest BCUT2D eigenvalue weighted by Gasteiger charge is -2.11. The number of amides is 1. The first-order valence-corrected chi connectivity index (χ1v) is 7.62. The quantitative estimate of drug-likeness (QED) is 0.886. The lowest BCUT2D eigenvalue weighted by molar-refractivity contribution is -0.124. The van der Waals surface area contributed by atoms with Gasteiger partial charge in [0.05, 0.1) is 0 Å². The van der Waals surface area contributed by atoms with Crippen molar-refractivity contribution < 1.29 is 4.79 Å². The summed E-state index contributed by atoms with van der Waals surface area (Å²) in [4.78, 5) is 12.0. The van der Waals surface area contributed by atoms with Gasteiger partial charge in [-0.2, -0.15) is 0 Å². The summed E-state index contributed by atoms with van der Waals surface area (Å²) >= 11 is 0. The van der Waals surface area contributed by atoms with Gasteiger partial charge in [0.25, 0.3) is 0 Å². The molecule has 0 saturated heterocycles. The van der Waals surface area contributed by atoms with E-state index < -0.39 is 0 Å². The van der Waals surface area contributed by atoms with Crippen LogP contribution in [0.1, 0.15) is 61.5 Å². The molecule has 0 atom stereocenters. The molecule has 1 heterocycles. The zero-order valence-electron chi connectivity index (χ0n) is 12.0. The van der Waals surface area contributed by atoms with Gasteiger partial charge in [0, 0.05) is 29.9 Å². The van der Waals surface area contributed by atoms with Crippen LogP contribution in [0, 0.1) is 19.8 Å². The third kappa shape index (κ3) is 2.56. The molecule has 0 aliphatic heterocycles. The average Bonchev–Trinajstić information content (AvgIpc) is 2.98. The van der Waals surface area contributed by atoms with E-state index in [1.54, 1.807) is 0 Å². The van der Waals surface area contributed by atoms with Gasteiger partial charge in [-0.1, -0.05) is 12.8 Å². The Morgan fingerprint density at radius 3 is 2.58 bits per heavy atom. The number of aromatic nitrogens is 1. The highest BCUT2D eigenvalue weighted by Crippen LogP contribution is 2.38. The molecule has 3 heteroatoms. The third-order valence-corrected chi connectivity index (χ3v) is 4.68. The molecular formula is C16H24N2O. The molecule has 19 heavy (non-hydrogen) atoms. The van der Waals surface area contributed by atoms with E-state index in [-0.39, 0.29) is 11.8 Å². The minimum atomic E-state index is 0.258. The first-order valence-electron chi connectivity index (χ1n) is 7.62. The molecule has 3 rings (SSSR count). The molecule has 2 fully saturated rings. The maximum atomic E-state index is 12.0. The predicted octanol–water partition coefficient (Wildman–Crippen LogP) is 3.25. The molecule has 2 aliphatic carbocycles. The van der Waals surface area contributed by atoms with Crippen molar-refractivity contribution in [2.45, 2.75) is 65.0 Å². The van der Waals surface area contributed by atoms with Gasteiger partial charge in [0.1, 0.15) is 0 Å². The molecule has 0 radical (unpaired) electrons. The van der Waals surface area contributed by atoms with Crippen molar-refractivity contribution in [3.05, 3.63) is 23.0 Å². The van der Waals surface area contributed by atoms with Crippen LogP contribution in [0.2, 0.25) is 0 Å². The molecule has 1 aromatic rings. The van der Waals surface area contributed by atoms with Gasteiger partial charge in [0.15, 0.2) is 0 Å². The number of carbonyl (C=O) groups excluding carboxylic acids is 1. The Kier molecular flexibility index (Phi) is 3.38. The second kappa shape index (κ2) is 5.03. The van der Waals surface area contributed by atoms with Crippen molar-refractivity contribution in [2.24, 2.45) is 5.92 Å². The van der Waals surface area contributed by atoms with Gasteiger partial charge >= 0.3 is 0 Å². The Labute approximate surface area is 115 Å². The number of rotatable bonds is 4. The van der Waals surface area contributed by atoms with Crippen molar-refractivity contribution >= 4 is 5.91 Å². The van der Waals surface area contributed by atoms with Crippen molar-refractivity contribution in [2.75, 3.05) is 0 Å². The molecule has 0 aromatic carbocycles. The van der Waals surface area contributed by atoms with Crippen LogP contribution in [0.4, 0.5) is 0 Å². The van der Waals surface area contributed by atoms with Crippen LogP contribution in [-0.2, 0) is 11.3 Å². The van der Waals surface area contributed by atoms with Gasteiger partial charge in [0.2, 0.25) is 5.91 Å². The highest BCUT2D eigenvalue weighted by molar-refractivity contribution is 5.78. The maximum Gasteiger partial charge on any atom is 0.223 e. The fourth-order valence-electron chi connectivity index (χ4n) is 3.43. The van der Waals surface area contributed by atoms with Crippen molar-refractivity contribution in [1.29, 1.82) is 0 Å². The molecule has 0 spiro atoms. The highest BCUT2D eigenvalue weighted by Gasteiger charge is 2.27. The predicted molar refractivity (Wildman–Crippen MR) is 76.0 cm³/mol. The van der Waals surface area contributed by atoms with E-state index in [0.29, 0.717) is 6.54 Å². The number of nitrogens with one attached hydrogen (secondary N) is 1. The van der Waals surface area contributed by atoms with Crippen LogP contribution in [0.15, 0.2) is 6.07 Å². The summed E-state index contributed by atoms with van der Waals surface area (Å²) in [6.07, 6.45) is 7.21. The van der Waals surface area contributed by atoms with Gasteiger partial charge in [-0.05, 0) is 51.2 Å². The van der Waals surface area contributed by atoms with Crippen LogP contribution in [-0.4, -0.2) is 10.5 Å². The zero-order chi connectivity index (χ0) is 13.4. The van der Waals surface area contributed by atoms with Gasteiger partial charge < -0.3 is 9.88 Å². The minimum absolute atomic E-state index is 0.258. The molecule has 1 amide bonds. The Balaban J connectivity index is 1.63. The minimum Gasteiger partial charge on any atom is -0.352 e. The van der Waals surface area contributed by atoms with E-state index in [9.17, 15) is 4.79 Å². The van der Waals surface area contributed by atoms with E-state index in [2.05, 4.69) is 29.8 Å². The molecule has 2 aliphatic rings. The fourth-order valence-corrected chi connectivity index (χ4v) is 3.43. The summed E-state index contributed by atoms with van der Waals surface area (Å²) in [5.41, 5.74) is 3.97. The lowest BCUT2D eigenvalue weighted by atomic mass is 10.1. The van der Waals surface area contributed by atoms with E-state index >= 15 is 0 Å². The first-order chi connectivity index (χ1) is 9.16. The van der Waals surface area contributed by atoms with Crippen LogP contribution >= 0.6 is 0 Å².